The van der Waals surface area contributed by atoms with Crippen LogP contribution in [-0.2, 0) is 9.53 Å². The van der Waals surface area contributed by atoms with E-state index in [1.165, 1.54) is 35.1 Å². The zero-order valence-electron chi connectivity index (χ0n) is 23.6. The van der Waals surface area contributed by atoms with Gasteiger partial charge in [0.15, 0.2) is 5.65 Å². The van der Waals surface area contributed by atoms with Crippen molar-refractivity contribution in [2.45, 2.75) is 33.2 Å². The van der Waals surface area contributed by atoms with Gasteiger partial charge in [-0.1, -0.05) is 0 Å². The Bertz CT molecular complexity index is 1660. The number of aryl methyl sites for hydroxylation is 1. The lowest BCUT2D eigenvalue weighted by Crippen LogP contribution is -2.52. The van der Waals surface area contributed by atoms with Gasteiger partial charge in [0.2, 0.25) is 5.91 Å². The number of aromatic nitrogens is 5. The minimum atomic E-state index is -2.92. The lowest BCUT2D eigenvalue weighted by Gasteiger charge is -2.35. The topological polar surface area (TPSA) is 127 Å². The normalized spacial score (nSPS) is 14.3. The van der Waals surface area contributed by atoms with Crippen molar-refractivity contribution in [2.75, 3.05) is 38.1 Å². The molecular weight excluding hydrogens is 569 g/mol. The van der Waals surface area contributed by atoms with E-state index in [2.05, 4.69) is 20.5 Å². The monoisotopic (exact) mass is 598 g/mol. The van der Waals surface area contributed by atoms with Gasteiger partial charge in [-0.15, -0.1) is 0 Å². The van der Waals surface area contributed by atoms with E-state index in [4.69, 9.17) is 4.74 Å². The van der Waals surface area contributed by atoms with Crippen LogP contribution in [0.3, 0.4) is 0 Å². The number of nitrogens with zero attached hydrogens (tertiary/aromatic N) is 7. The van der Waals surface area contributed by atoms with Crippen molar-refractivity contribution in [2.24, 2.45) is 0 Å². The van der Waals surface area contributed by atoms with Gasteiger partial charge in [0, 0.05) is 37.9 Å². The third-order valence-electron chi connectivity index (χ3n) is 7.14. The van der Waals surface area contributed by atoms with Crippen LogP contribution in [0.5, 0.6) is 0 Å². The number of ether oxygens (including phenoxy) is 1. The van der Waals surface area contributed by atoms with Gasteiger partial charge < -0.3 is 19.9 Å². The minimum absolute atomic E-state index is 0.0680. The first-order valence-corrected chi connectivity index (χ1v) is 13.6. The Balaban J connectivity index is 1.34. The van der Waals surface area contributed by atoms with Gasteiger partial charge in [-0.05, 0) is 51.1 Å². The number of alkyl halides is 2. The molecular formula is C28H29F3N8O4. The van der Waals surface area contributed by atoms with E-state index in [9.17, 15) is 27.6 Å². The van der Waals surface area contributed by atoms with Crippen molar-refractivity contribution < 1.29 is 32.3 Å². The largest absolute Gasteiger partial charge is 0.450 e. The van der Waals surface area contributed by atoms with Crippen LogP contribution in [0.15, 0.2) is 42.7 Å². The number of anilines is 1. The second kappa shape index (κ2) is 12.1. The van der Waals surface area contributed by atoms with Crippen LogP contribution in [0, 0.1) is 12.7 Å². The molecule has 3 aromatic heterocycles. The van der Waals surface area contributed by atoms with Crippen LogP contribution < -0.4 is 5.32 Å². The zero-order valence-corrected chi connectivity index (χ0v) is 23.6. The molecule has 1 N–H and O–H groups in total. The van der Waals surface area contributed by atoms with Crippen LogP contribution in [0.1, 0.15) is 48.1 Å². The van der Waals surface area contributed by atoms with Gasteiger partial charge in [0.05, 0.1) is 29.9 Å². The molecule has 1 unspecified atom stereocenters. The lowest BCUT2D eigenvalue weighted by atomic mass is 10.1. The quantitative estimate of drug-likeness (QED) is 0.340. The van der Waals surface area contributed by atoms with Crippen LogP contribution in [0.4, 0.5) is 23.7 Å². The van der Waals surface area contributed by atoms with Crippen LogP contribution in [0.2, 0.25) is 0 Å². The summed E-state index contributed by atoms with van der Waals surface area (Å²) in [6.07, 6.45) is -0.685. The first kappa shape index (κ1) is 29.5. The van der Waals surface area contributed by atoms with Gasteiger partial charge in [0.1, 0.15) is 23.1 Å². The smallest absolute Gasteiger partial charge is 0.409 e. The second-order valence-corrected chi connectivity index (χ2v) is 9.92. The number of carbonyl (C=O) groups is 3. The third kappa shape index (κ3) is 6.01. The van der Waals surface area contributed by atoms with E-state index in [1.807, 2.05) is 0 Å². The van der Waals surface area contributed by atoms with Gasteiger partial charge in [0.25, 0.3) is 12.3 Å². The number of halogens is 3. The molecule has 0 saturated carbocycles. The maximum atomic E-state index is 13.9. The van der Waals surface area contributed by atoms with Crippen LogP contribution >= 0.6 is 0 Å². The summed E-state index contributed by atoms with van der Waals surface area (Å²) in [4.78, 5) is 46.0. The lowest BCUT2D eigenvalue weighted by molar-refractivity contribution is -0.136. The van der Waals surface area contributed by atoms with Crippen molar-refractivity contribution in [1.82, 2.24) is 34.2 Å². The fourth-order valence-corrected chi connectivity index (χ4v) is 4.76. The second-order valence-electron chi connectivity index (χ2n) is 9.92. The molecule has 226 valence electrons. The summed E-state index contributed by atoms with van der Waals surface area (Å²) < 4.78 is 48.6. The molecule has 1 aliphatic heterocycles. The standard InChI is InChI=1S/C28H29F3N8O4/c1-4-43-28(42)37-11-9-36(10-12-37)27(41)17(3)38-15-22(16(2)35-38)34-26(40)20-14-32-39-23(24(30)31)13-21(33-25(20)39)18-5-7-19(29)8-6-18/h5-8,13-15,17,24H,4,9-12H2,1-3H3,(H,34,40). The molecule has 0 aliphatic carbocycles. The highest BCUT2D eigenvalue weighted by atomic mass is 19.3. The number of rotatable bonds is 7. The highest BCUT2D eigenvalue weighted by Crippen LogP contribution is 2.28. The number of hydrogen-bond acceptors (Lipinski definition) is 7. The molecule has 4 heterocycles. The Morgan fingerprint density at radius 3 is 2.40 bits per heavy atom. The number of fused-ring (bicyclic) bond motifs is 1. The number of hydrogen-bond donors (Lipinski definition) is 1. The summed E-state index contributed by atoms with van der Waals surface area (Å²) in [6, 6.07) is 5.61. The number of nitrogens with one attached hydrogen (secondary N) is 1. The van der Waals surface area contributed by atoms with Crippen molar-refractivity contribution >= 4 is 29.2 Å². The minimum Gasteiger partial charge on any atom is -0.450 e. The van der Waals surface area contributed by atoms with Gasteiger partial charge in [-0.2, -0.15) is 10.2 Å². The molecule has 43 heavy (non-hydrogen) atoms. The predicted octanol–water partition coefficient (Wildman–Crippen LogP) is 4.09. The first-order chi connectivity index (χ1) is 20.6. The fraction of sp³-hybridized carbons (Fsp3) is 0.357. The SMILES string of the molecule is CCOC(=O)N1CCN(C(=O)C(C)n2cc(NC(=O)c3cnn4c(C(F)F)cc(-c5ccc(F)cc5)nc34)c(C)n2)CC1. The molecule has 12 nitrogen and oxygen atoms in total. The maximum absolute atomic E-state index is 13.9. The van der Waals surface area contributed by atoms with Crippen molar-refractivity contribution in [3.8, 4) is 11.3 Å². The number of carbonyl (C=O) groups excluding carboxylic acids is 3. The number of piperazine rings is 1. The zero-order chi connectivity index (χ0) is 30.8. The molecule has 0 spiro atoms. The van der Waals surface area contributed by atoms with Gasteiger partial charge in [-0.3, -0.25) is 14.3 Å². The fourth-order valence-electron chi connectivity index (χ4n) is 4.76. The average Bonchev–Trinajstić information content (AvgIpc) is 3.59. The summed E-state index contributed by atoms with van der Waals surface area (Å²) in [5, 5.41) is 11.1. The van der Waals surface area contributed by atoms with E-state index < -0.39 is 36.0 Å². The molecule has 5 rings (SSSR count). The Labute approximate surface area is 244 Å². The van der Waals surface area contributed by atoms with E-state index in [1.54, 1.807) is 30.6 Å². The summed E-state index contributed by atoms with van der Waals surface area (Å²) in [5.41, 5.74) is 0.576. The molecule has 0 radical (unpaired) electrons. The summed E-state index contributed by atoms with van der Waals surface area (Å²) in [7, 11) is 0. The molecule has 1 saturated heterocycles. The Morgan fingerprint density at radius 1 is 1.07 bits per heavy atom. The molecule has 1 aliphatic rings. The molecule has 1 aromatic carbocycles. The van der Waals surface area contributed by atoms with Crippen molar-refractivity contribution in [1.29, 1.82) is 0 Å². The van der Waals surface area contributed by atoms with E-state index in [0.717, 1.165) is 16.8 Å². The Morgan fingerprint density at radius 2 is 1.74 bits per heavy atom. The van der Waals surface area contributed by atoms with Crippen molar-refractivity contribution in [3.05, 3.63) is 65.5 Å². The molecule has 0 bridgehead atoms. The van der Waals surface area contributed by atoms with Crippen LogP contribution in [0.25, 0.3) is 16.9 Å². The molecule has 4 aromatic rings. The van der Waals surface area contributed by atoms with Gasteiger partial charge >= 0.3 is 6.09 Å². The van der Waals surface area contributed by atoms with Crippen molar-refractivity contribution in [3.63, 3.8) is 0 Å². The highest BCUT2D eigenvalue weighted by molar-refractivity contribution is 6.08. The summed E-state index contributed by atoms with van der Waals surface area (Å²) in [6.45, 7) is 6.71. The van der Waals surface area contributed by atoms with Gasteiger partial charge in [-0.25, -0.2) is 27.5 Å². The summed E-state index contributed by atoms with van der Waals surface area (Å²) in [5.74, 6) is -1.37. The number of benzene rings is 1. The highest BCUT2D eigenvalue weighted by Gasteiger charge is 2.29. The summed E-state index contributed by atoms with van der Waals surface area (Å²) >= 11 is 0. The number of amides is 3. The van der Waals surface area contributed by atoms with E-state index in [-0.39, 0.29) is 29.4 Å². The molecule has 3 amide bonds. The third-order valence-corrected chi connectivity index (χ3v) is 7.14. The molecule has 1 atom stereocenters. The molecule has 15 heteroatoms. The maximum Gasteiger partial charge on any atom is 0.409 e. The Hall–Kier alpha value is -4.95. The van der Waals surface area contributed by atoms with E-state index >= 15 is 0 Å². The Kier molecular flexibility index (Phi) is 8.32. The predicted molar refractivity (Wildman–Crippen MR) is 148 cm³/mol. The molecule has 1 fully saturated rings. The average molecular weight is 599 g/mol. The first-order valence-electron chi connectivity index (χ1n) is 13.6. The van der Waals surface area contributed by atoms with Crippen LogP contribution in [-0.4, -0.2) is 84.9 Å². The van der Waals surface area contributed by atoms with E-state index in [0.29, 0.717) is 43.1 Å².